The van der Waals surface area contributed by atoms with Crippen LogP contribution < -0.4 is 4.72 Å². The number of rotatable bonds is 5. The fourth-order valence-electron chi connectivity index (χ4n) is 2.65. The summed E-state index contributed by atoms with van der Waals surface area (Å²) in [5.41, 5.74) is 2.54. The molecule has 0 spiro atoms. The molecule has 3 rings (SSSR count). The summed E-state index contributed by atoms with van der Waals surface area (Å²) < 4.78 is 45.9. The Balaban J connectivity index is 1.85. The Kier molecular flexibility index (Phi) is 5.46. The van der Waals surface area contributed by atoms with Crippen molar-refractivity contribution in [1.82, 2.24) is 0 Å². The van der Waals surface area contributed by atoms with Crippen LogP contribution in [0.2, 0.25) is 0 Å². The SMILES string of the molecule is COC(=O)c1cc(F)cc(-c2ccc(NS(=O)(=O)c3ccc(C)cc3)cc2)c1. The van der Waals surface area contributed by atoms with Crippen LogP contribution in [0.15, 0.2) is 71.6 Å². The fourth-order valence-corrected chi connectivity index (χ4v) is 3.71. The number of nitrogens with one attached hydrogen (secondary N) is 1. The first-order chi connectivity index (χ1) is 13.3. The molecule has 1 N–H and O–H groups in total. The number of carbonyl (C=O) groups is 1. The molecule has 144 valence electrons. The van der Waals surface area contributed by atoms with Crippen LogP contribution in [0.5, 0.6) is 0 Å². The van der Waals surface area contributed by atoms with Gasteiger partial charge in [-0.05, 0) is 60.5 Å². The van der Waals surface area contributed by atoms with Crippen LogP contribution in [0.25, 0.3) is 11.1 Å². The molecule has 0 aromatic heterocycles. The van der Waals surface area contributed by atoms with Crippen molar-refractivity contribution in [1.29, 1.82) is 0 Å². The van der Waals surface area contributed by atoms with E-state index in [1.165, 1.54) is 31.4 Å². The maximum absolute atomic E-state index is 13.8. The van der Waals surface area contributed by atoms with E-state index in [9.17, 15) is 17.6 Å². The van der Waals surface area contributed by atoms with Gasteiger partial charge in [0, 0.05) is 5.69 Å². The van der Waals surface area contributed by atoms with Crippen LogP contribution in [-0.2, 0) is 14.8 Å². The van der Waals surface area contributed by atoms with E-state index < -0.39 is 21.8 Å². The van der Waals surface area contributed by atoms with Gasteiger partial charge in [0.15, 0.2) is 0 Å². The number of anilines is 1. The zero-order chi connectivity index (χ0) is 20.3. The van der Waals surface area contributed by atoms with Gasteiger partial charge in [0.2, 0.25) is 0 Å². The van der Waals surface area contributed by atoms with Crippen LogP contribution in [0, 0.1) is 12.7 Å². The van der Waals surface area contributed by atoms with E-state index in [1.807, 2.05) is 6.92 Å². The molecule has 28 heavy (non-hydrogen) atoms. The van der Waals surface area contributed by atoms with Crippen LogP contribution in [-0.4, -0.2) is 21.5 Å². The molecule has 3 aromatic rings. The Morgan fingerprint density at radius 2 is 1.57 bits per heavy atom. The maximum atomic E-state index is 13.8. The summed E-state index contributed by atoms with van der Waals surface area (Å²) in [4.78, 5) is 11.8. The van der Waals surface area contributed by atoms with Gasteiger partial charge < -0.3 is 4.74 Å². The molecule has 7 heteroatoms. The number of carbonyl (C=O) groups excluding carboxylic acids is 1. The molecule has 0 heterocycles. The monoisotopic (exact) mass is 399 g/mol. The van der Waals surface area contributed by atoms with E-state index in [4.69, 9.17) is 0 Å². The highest BCUT2D eigenvalue weighted by Crippen LogP contribution is 2.25. The van der Waals surface area contributed by atoms with Crippen molar-refractivity contribution >= 4 is 21.7 Å². The van der Waals surface area contributed by atoms with Crippen molar-refractivity contribution in [2.45, 2.75) is 11.8 Å². The smallest absolute Gasteiger partial charge is 0.337 e. The van der Waals surface area contributed by atoms with Gasteiger partial charge in [-0.3, -0.25) is 4.72 Å². The second kappa shape index (κ2) is 7.82. The molecular weight excluding hydrogens is 381 g/mol. The summed E-state index contributed by atoms with van der Waals surface area (Å²) in [6.07, 6.45) is 0. The van der Waals surface area contributed by atoms with E-state index in [-0.39, 0.29) is 10.5 Å². The molecule has 5 nitrogen and oxygen atoms in total. The summed E-state index contributed by atoms with van der Waals surface area (Å²) in [5, 5.41) is 0. The molecule has 0 aliphatic carbocycles. The second-order valence-corrected chi connectivity index (χ2v) is 7.90. The van der Waals surface area contributed by atoms with Crippen molar-refractivity contribution in [2.75, 3.05) is 11.8 Å². The van der Waals surface area contributed by atoms with Crippen molar-refractivity contribution < 1.29 is 22.3 Å². The molecular formula is C21H18FNO4S. The second-order valence-electron chi connectivity index (χ2n) is 6.22. The average molecular weight is 399 g/mol. The van der Waals surface area contributed by atoms with Gasteiger partial charge in [0.05, 0.1) is 17.6 Å². The molecule has 0 aliphatic rings. The van der Waals surface area contributed by atoms with Crippen molar-refractivity contribution in [3.05, 3.63) is 83.7 Å². The van der Waals surface area contributed by atoms with E-state index in [2.05, 4.69) is 9.46 Å². The normalized spacial score (nSPS) is 11.1. The molecule has 0 atom stereocenters. The third-order valence-corrected chi connectivity index (χ3v) is 5.52. The minimum absolute atomic E-state index is 0.0988. The number of esters is 1. The number of halogens is 1. The first kappa shape index (κ1) is 19.6. The van der Waals surface area contributed by atoms with Gasteiger partial charge in [0.25, 0.3) is 10.0 Å². The number of hydrogen-bond donors (Lipinski definition) is 1. The lowest BCUT2D eigenvalue weighted by Crippen LogP contribution is -2.12. The first-order valence-electron chi connectivity index (χ1n) is 8.37. The molecule has 0 fully saturated rings. The molecule has 0 aliphatic heterocycles. The van der Waals surface area contributed by atoms with Gasteiger partial charge in [-0.1, -0.05) is 29.8 Å². The predicted molar refractivity (Wildman–Crippen MR) is 105 cm³/mol. The third-order valence-electron chi connectivity index (χ3n) is 4.12. The van der Waals surface area contributed by atoms with Crippen molar-refractivity contribution in [2.24, 2.45) is 0 Å². The number of aryl methyl sites for hydroxylation is 1. The van der Waals surface area contributed by atoms with E-state index >= 15 is 0 Å². The Labute approximate surface area is 162 Å². The Morgan fingerprint density at radius 3 is 2.18 bits per heavy atom. The van der Waals surface area contributed by atoms with Crippen LogP contribution in [0.3, 0.4) is 0 Å². The molecule has 0 saturated heterocycles. The van der Waals surface area contributed by atoms with Gasteiger partial charge in [-0.2, -0.15) is 0 Å². The summed E-state index contributed by atoms with van der Waals surface area (Å²) in [5.74, 6) is -1.20. The third kappa shape index (κ3) is 4.37. The highest BCUT2D eigenvalue weighted by atomic mass is 32.2. The topological polar surface area (TPSA) is 72.5 Å². The number of hydrogen-bond acceptors (Lipinski definition) is 4. The number of benzene rings is 3. The van der Waals surface area contributed by atoms with Crippen LogP contribution >= 0.6 is 0 Å². The van der Waals surface area contributed by atoms with Crippen LogP contribution in [0.4, 0.5) is 10.1 Å². The summed E-state index contributed by atoms with van der Waals surface area (Å²) in [6, 6.07) is 16.8. The van der Waals surface area contributed by atoms with Crippen molar-refractivity contribution in [3.63, 3.8) is 0 Å². The molecule has 0 amide bonds. The summed E-state index contributed by atoms with van der Waals surface area (Å²) in [7, 11) is -2.48. The van der Waals surface area contributed by atoms with Gasteiger partial charge >= 0.3 is 5.97 Å². The van der Waals surface area contributed by atoms with Gasteiger partial charge in [-0.25, -0.2) is 17.6 Å². The van der Waals surface area contributed by atoms with Crippen LogP contribution in [0.1, 0.15) is 15.9 Å². The lowest BCUT2D eigenvalue weighted by Gasteiger charge is -2.10. The quantitative estimate of drug-likeness (QED) is 0.646. The van der Waals surface area contributed by atoms with Gasteiger partial charge in [-0.15, -0.1) is 0 Å². The summed E-state index contributed by atoms with van der Waals surface area (Å²) >= 11 is 0. The molecule has 0 saturated carbocycles. The number of ether oxygens (including phenoxy) is 1. The zero-order valence-electron chi connectivity index (χ0n) is 15.3. The highest BCUT2D eigenvalue weighted by Gasteiger charge is 2.14. The Bertz CT molecular complexity index is 1110. The molecule has 0 unspecified atom stereocenters. The molecule has 0 radical (unpaired) electrons. The van der Waals surface area contributed by atoms with E-state index in [1.54, 1.807) is 36.4 Å². The number of sulfonamides is 1. The average Bonchev–Trinajstić information content (AvgIpc) is 2.67. The summed E-state index contributed by atoms with van der Waals surface area (Å²) in [6.45, 7) is 1.88. The van der Waals surface area contributed by atoms with E-state index in [0.29, 0.717) is 16.8 Å². The molecule has 0 bridgehead atoms. The lowest BCUT2D eigenvalue weighted by atomic mass is 10.0. The molecule has 3 aromatic carbocycles. The Morgan fingerprint density at radius 1 is 0.929 bits per heavy atom. The maximum Gasteiger partial charge on any atom is 0.337 e. The largest absolute Gasteiger partial charge is 0.465 e. The zero-order valence-corrected chi connectivity index (χ0v) is 16.1. The minimum atomic E-state index is -3.71. The first-order valence-corrected chi connectivity index (χ1v) is 9.86. The van der Waals surface area contributed by atoms with Crippen molar-refractivity contribution in [3.8, 4) is 11.1 Å². The standard InChI is InChI=1S/C21H18FNO4S/c1-14-3-9-20(10-4-14)28(25,26)23-19-7-5-15(6-8-19)16-11-17(21(24)27-2)13-18(22)12-16/h3-13,23H,1-2H3. The highest BCUT2D eigenvalue weighted by molar-refractivity contribution is 7.92. The van der Waals surface area contributed by atoms with Gasteiger partial charge in [0.1, 0.15) is 5.82 Å². The Hall–Kier alpha value is -3.19. The predicted octanol–water partition coefficient (Wildman–Crippen LogP) is 4.39. The lowest BCUT2D eigenvalue weighted by molar-refractivity contribution is 0.0600. The minimum Gasteiger partial charge on any atom is -0.465 e. The van der Waals surface area contributed by atoms with E-state index in [0.717, 1.165) is 11.6 Å². The fraction of sp³-hybridized carbons (Fsp3) is 0.0952. The number of methoxy groups -OCH3 is 1.